The fourth-order valence-corrected chi connectivity index (χ4v) is 6.38. The Morgan fingerprint density at radius 2 is 1.80 bits per heavy atom. The Kier molecular flexibility index (Phi) is 7.40. The molecule has 2 aromatic heterocycles. The number of aromatic carboxylic acids is 1. The molecule has 0 saturated carbocycles. The van der Waals surface area contributed by atoms with E-state index < -0.39 is 22.8 Å². The molecule has 1 unspecified atom stereocenters. The summed E-state index contributed by atoms with van der Waals surface area (Å²) in [7, 11) is 0. The average molecular weight is 576 g/mol. The van der Waals surface area contributed by atoms with Gasteiger partial charge in [0.25, 0.3) is 0 Å². The normalized spacial score (nSPS) is 17.9. The minimum Gasteiger partial charge on any atom is -0.477 e. The second-order valence-electron chi connectivity index (χ2n) is 10.8. The number of pyridine rings is 2. The average Bonchev–Trinajstić information content (AvgIpc) is 3.38. The molecule has 2 fully saturated rings. The van der Waals surface area contributed by atoms with Crippen molar-refractivity contribution >= 4 is 40.0 Å². The molecule has 0 spiro atoms. The Labute approximate surface area is 242 Å². The first-order valence-corrected chi connectivity index (χ1v) is 14.2. The lowest BCUT2D eigenvalue weighted by Crippen LogP contribution is -2.47. The van der Waals surface area contributed by atoms with Crippen LogP contribution in [-0.4, -0.2) is 64.3 Å². The van der Waals surface area contributed by atoms with Gasteiger partial charge in [0.1, 0.15) is 17.2 Å². The van der Waals surface area contributed by atoms with Gasteiger partial charge in [0.2, 0.25) is 5.43 Å². The first-order valence-electron chi connectivity index (χ1n) is 13.9. The molecule has 41 heavy (non-hydrogen) atoms. The summed E-state index contributed by atoms with van der Waals surface area (Å²) < 4.78 is 17.3. The zero-order valence-corrected chi connectivity index (χ0v) is 23.5. The molecule has 2 saturated heterocycles. The third kappa shape index (κ3) is 5.15. The minimum absolute atomic E-state index is 0.0711. The largest absolute Gasteiger partial charge is 0.477 e. The van der Waals surface area contributed by atoms with Gasteiger partial charge in [0.15, 0.2) is 0 Å². The van der Waals surface area contributed by atoms with Gasteiger partial charge in [-0.25, -0.2) is 14.2 Å². The SMILES string of the molecule is CC1CCCN1Cc1ccc(-n2cc(C(=O)O)c(=O)c3cc(F)c(N4CCN(c5ccccn5)CC4)c(Cl)c32)cc1. The topological polar surface area (TPSA) is 81.9 Å². The number of benzene rings is 2. The first-order chi connectivity index (χ1) is 19.8. The molecule has 0 amide bonds. The predicted molar refractivity (Wildman–Crippen MR) is 159 cm³/mol. The third-order valence-corrected chi connectivity index (χ3v) is 8.60. The van der Waals surface area contributed by atoms with Gasteiger partial charge in [-0.05, 0) is 62.2 Å². The van der Waals surface area contributed by atoms with Crippen LogP contribution in [0.3, 0.4) is 0 Å². The molecule has 0 aliphatic carbocycles. The van der Waals surface area contributed by atoms with Crippen LogP contribution < -0.4 is 15.2 Å². The van der Waals surface area contributed by atoms with E-state index in [1.165, 1.54) is 19.0 Å². The maximum absolute atomic E-state index is 15.7. The number of aromatic nitrogens is 2. The van der Waals surface area contributed by atoms with Crippen LogP contribution in [-0.2, 0) is 6.54 Å². The number of hydrogen-bond acceptors (Lipinski definition) is 6. The highest BCUT2D eigenvalue weighted by Crippen LogP contribution is 2.37. The Morgan fingerprint density at radius 3 is 2.44 bits per heavy atom. The van der Waals surface area contributed by atoms with Crippen LogP contribution in [0.1, 0.15) is 35.7 Å². The van der Waals surface area contributed by atoms with Gasteiger partial charge in [0.05, 0.1) is 21.6 Å². The number of piperazine rings is 1. The van der Waals surface area contributed by atoms with Crippen molar-refractivity contribution in [3.8, 4) is 5.69 Å². The lowest BCUT2D eigenvalue weighted by molar-refractivity contribution is 0.0695. The van der Waals surface area contributed by atoms with Crippen molar-refractivity contribution < 1.29 is 14.3 Å². The molecule has 6 rings (SSSR count). The van der Waals surface area contributed by atoms with E-state index in [-0.39, 0.29) is 21.6 Å². The summed E-state index contributed by atoms with van der Waals surface area (Å²) in [4.78, 5) is 36.0. The Morgan fingerprint density at radius 1 is 1.07 bits per heavy atom. The van der Waals surface area contributed by atoms with Crippen molar-refractivity contribution in [2.45, 2.75) is 32.4 Å². The molecule has 4 heterocycles. The molecule has 2 aliphatic rings. The fraction of sp³-hybridized carbons (Fsp3) is 0.323. The molecular weight excluding hydrogens is 545 g/mol. The van der Waals surface area contributed by atoms with E-state index in [9.17, 15) is 14.7 Å². The number of carbonyl (C=O) groups is 1. The van der Waals surface area contributed by atoms with Crippen LogP contribution >= 0.6 is 11.6 Å². The molecule has 212 valence electrons. The molecule has 2 aliphatic heterocycles. The zero-order chi connectivity index (χ0) is 28.7. The molecular formula is C31H31ClFN5O3. The summed E-state index contributed by atoms with van der Waals surface area (Å²) in [6, 6.07) is 15.2. The summed E-state index contributed by atoms with van der Waals surface area (Å²) in [5, 5.41) is 9.78. The summed E-state index contributed by atoms with van der Waals surface area (Å²) in [6.45, 7) is 6.36. The summed E-state index contributed by atoms with van der Waals surface area (Å²) in [6.07, 6.45) is 5.41. The second kappa shape index (κ2) is 11.1. The minimum atomic E-state index is -1.38. The van der Waals surface area contributed by atoms with E-state index in [0.717, 1.165) is 30.5 Å². The van der Waals surface area contributed by atoms with Gasteiger partial charge in [-0.1, -0.05) is 29.8 Å². The predicted octanol–water partition coefficient (Wildman–Crippen LogP) is 5.19. The number of likely N-dealkylation sites (tertiary alicyclic amines) is 1. The molecule has 4 aromatic rings. The first kappa shape index (κ1) is 27.2. The number of fused-ring (bicyclic) bond motifs is 1. The van der Waals surface area contributed by atoms with Crippen molar-refractivity contribution in [3.05, 3.63) is 93.1 Å². The number of carboxylic acid groups (broad SMARTS) is 1. The molecule has 1 N–H and O–H groups in total. The molecule has 1 atom stereocenters. The number of nitrogens with zero attached hydrogens (tertiary/aromatic N) is 5. The van der Waals surface area contributed by atoms with Crippen molar-refractivity contribution in [1.82, 2.24) is 14.5 Å². The number of halogens is 2. The molecule has 8 nitrogen and oxygen atoms in total. The number of rotatable bonds is 6. The maximum atomic E-state index is 15.7. The Bertz CT molecular complexity index is 1650. The van der Waals surface area contributed by atoms with Crippen LogP contribution in [0.4, 0.5) is 15.9 Å². The van der Waals surface area contributed by atoms with Gasteiger partial charge in [-0.3, -0.25) is 9.69 Å². The van der Waals surface area contributed by atoms with E-state index in [2.05, 4.69) is 21.7 Å². The number of hydrogen-bond donors (Lipinski definition) is 1. The molecule has 2 aromatic carbocycles. The Balaban J connectivity index is 1.39. The van der Waals surface area contributed by atoms with Gasteiger partial charge in [-0.2, -0.15) is 0 Å². The van der Waals surface area contributed by atoms with Gasteiger partial charge in [-0.15, -0.1) is 0 Å². The van der Waals surface area contributed by atoms with Crippen LogP contribution in [0.5, 0.6) is 0 Å². The highest BCUT2D eigenvalue weighted by atomic mass is 35.5. The maximum Gasteiger partial charge on any atom is 0.341 e. The quantitative estimate of drug-likeness (QED) is 0.339. The second-order valence-corrected chi connectivity index (χ2v) is 11.1. The standard InChI is InChI=1S/C31H31ClFN5O3/c1-20-5-4-12-37(20)18-21-7-9-22(10-8-21)38-19-24(31(40)41)30(39)23-17-25(33)29(27(32)28(23)38)36-15-13-35(14-16-36)26-6-2-3-11-34-26/h2-3,6-11,17,19-20H,4-5,12-16,18H2,1H3,(H,40,41). The number of carboxylic acids is 1. The Hall–Kier alpha value is -3.95. The van der Waals surface area contributed by atoms with Crippen LogP contribution in [0, 0.1) is 5.82 Å². The van der Waals surface area contributed by atoms with E-state index in [1.54, 1.807) is 10.8 Å². The molecule has 10 heteroatoms. The van der Waals surface area contributed by atoms with Gasteiger partial charge >= 0.3 is 5.97 Å². The van der Waals surface area contributed by atoms with E-state index in [0.29, 0.717) is 37.9 Å². The highest BCUT2D eigenvalue weighted by Gasteiger charge is 2.27. The van der Waals surface area contributed by atoms with E-state index in [1.807, 2.05) is 47.4 Å². The number of anilines is 2. The van der Waals surface area contributed by atoms with Crippen molar-refractivity contribution in [1.29, 1.82) is 0 Å². The highest BCUT2D eigenvalue weighted by molar-refractivity contribution is 6.38. The van der Waals surface area contributed by atoms with Crippen molar-refractivity contribution in [2.75, 3.05) is 42.5 Å². The van der Waals surface area contributed by atoms with Crippen molar-refractivity contribution in [3.63, 3.8) is 0 Å². The van der Waals surface area contributed by atoms with Crippen LogP contribution in [0.2, 0.25) is 5.02 Å². The lowest BCUT2D eigenvalue weighted by atomic mass is 10.1. The zero-order valence-electron chi connectivity index (χ0n) is 22.8. The lowest BCUT2D eigenvalue weighted by Gasteiger charge is -2.37. The van der Waals surface area contributed by atoms with E-state index in [4.69, 9.17) is 11.6 Å². The van der Waals surface area contributed by atoms with Gasteiger partial charge in [0, 0.05) is 56.8 Å². The molecule has 0 bridgehead atoms. The fourth-order valence-electron chi connectivity index (χ4n) is 5.97. The smallest absolute Gasteiger partial charge is 0.341 e. The monoisotopic (exact) mass is 575 g/mol. The summed E-state index contributed by atoms with van der Waals surface area (Å²) in [5.74, 6) is -1.18. The van der Waals surface area contributed by atoms with Gasteiger partial charge < -0.3 is 19.5 Å². The van der Waals surface area contributed by atoms with Crippen LogP contribution in [0.15, 0.2) is 65.7 Å². The van der Waals surface area contributed by atoms with E-state index >= 15 is 4.39 Å². The summed E-state index contributed by atoms with van der Waals surface area (Å²) in [5.41, 5.74) is 1.04. The molecule has 0 radical (unpaired) electrons. The third-order valence-electron chi connectivity index (χ3n) is 8.25. The van der Waals surface area contributed by atoms with Crippen molar-refractivity contribution in [2.24, 2.45) is 0 Å². The van der Waals surface area contributed by atoms with Crippen LogP contribution in [0.25, 0.3) is 16.6 Å². The summed E-state index contributed by atoms with van der Waals surface area (Å²) >= 11 is 6.93.